The number of ether oxygens (including phenoxy) is 1. The molecule has 0 radical (unpaired) electrons. The highest BCUT2D eigenvalue weighted by atomic mass is 16.5. The second kappa shape index (κ2) is 4.70. The third kappa shape index (κ3) is 2.45. The minimum absolute atomic E-state index is 0.262. The summed E-state index contributed by atoms with van der Waals surface area (Å²) in [6.07, 6.45) is 0. The van der Waals surface area contributed by atoms with E-state index in [9.17, 15) is 4.79 Å². The summed E-state index contributed by atoms with van der Waals surface area (Å²) >= 11 is 0. The van der Waals surface area contributed by atoms with Crippen LogP contribution in [0.1, 0.15) is 15.9 Å². The number of benzene rings is 2. The van der Waals surface area contributed by atoms with Gasteiger partial charge < -0.3 is 9.84 Å². The quantitative estimate of drug-likeness (QED) is 0.874. The van der Waals surface area contributed by atoms with Crippen LogP contribution >= 0.6 is 0 Å². The van der Waals surface area contributed by atoms with Crippen molar-refractivity contribution in [1.82, 2.24) is 0 Å². The topological polar surface area (TPSA) is 46.5 Å². The minimum atomic E-state index is -0.944. The molecule has 2 aromatic rings. The lowest BCUT2D eigenvalue weighted by Gasteiger charge is -2.10. The van der Waals surface area contributed by atoms with Crippen LogP contribution in [0.2, 0.25) is 0 Å². The normalized spacial score (nSPS) is 9.94. The number of para-hydroxylation sites is 1. The summed E-state index contributed by atoms with van der Waals surface area (Å²) in [5.41, 5.74) is 0.891. The Bertz CT molecular complexity index is 532. The van der Waals surface area contributed by atoms with Gasteiger partial charge in [-0.2, -0.15) is 0 Å². The predicted octanol–water partition coefficient (Wildman–Crippen LogP) is 3.49. The molecule has 0 saturated carbocycles. The molecule has 0 bridgehead atoms. The van der Waals surface area contributed by atoms with Crippen LogP contribution in [0.5, 0.6) is 11.5 Å². The maximum Gasteiger partial charge on any atom is 0.336 e. The van der Waals surface area contributed by atoms with E-state index in [0.29, 0.717) is 17.1 Å². The van der Waals surface area contributed by atoms with Gasteiger partial charge in [0.15, 0.2) is 0 Å². The fraction of sp³-hybridized carbons (Fsp3) is 0.0714. The first-order valence-corrected chi connectivity index (χ1v) is 5.24. The van der Waals surface area contributed by atoms with Crippen LogP contribution in [-0.4, -0.2) is 11.1 Å². The number of carboxylic acids is 1. The van der Waals surface area contributed by atoms with E-state index in [1.807, 2.05) is 30.3 Å². The van der Waals surface area contributed by atoms with E-state index in [-0.39, 0.29) is 5.56 Å². The van der Waals surface area contributed by atoms with Crippen LogP contribution < -0.4 is 4.74 Å². The molecule has 0 aliphatic carbocycles. The fourth-order valence-corrected chi connectivity index (χ4v) is 1.57. The number of carboxylic acid groups (broad SMARTS) is 1. The molecule has 1 N–H and O–H groups in total. The fourth-order valence-electron chi connectivity index (χ4n) is 1.57. The van der Waals surface area contributed by atoms with Crippen LogP contribution in [-0.2, 0) is 0 Å². The zero-order valence-corrected chi connectivity index (χ0v) is 9.38. The van der Waals surface area contributed by atoms with Crippen molar-refractivity contribution >= 4 is 5.97 Å². The summed E-state index contributed by atoms with van der Waals surface area (Å²) in [5.74, 6) is 0.315. The van der Waals surface area contributed by atoms with Crippen LogP contribution in [0.25, 0.3) is 0 Å². The molecule has 17 heavy (non-hydrogen) atoms. The summed E-state index contributed by atoms with van der Waals surface area (Å²) in [6, 6.07) is 14.3. The third-order valence-electron chi connectivity index (χ3n) is 2.49. The highest BCUT2D eigenvalue weighted by molar-refractivity contribution is 5.90. The molecule has 86 valence electrons. The molecule has 2 aromatic carbocycles. The SMILES string of the molecule is Cc1c(Oc2ccccc2)cccc1C(=O)O. The van der Waals surface area contributed by atoms with Gasteiger partial charge in [0.05, 0.1) is 5.56 Å². The molecule has 2 rings (SSSR count). The molecule has 0 heterocycles. The maximum atomic E-state index is 11.0. The third-order valence-corrected chi connectivity index (χ3v) is 2.49. The molecule has 3 nitrogen and oxygen atoms in total. The second-order valence-corrected chi connectivity index (χ2v) is 3.65. The van der Waals surface area contributed by atoms with E-state index in [1.165, 1.54) is 0 Å². The summed E-state index contributed by atoms with van der Waals surface area (Å²) < 4.78 is 5.64. The Balaban J connectivity index is 2.34. The van der Waals surface area contributed by atoms with Gasteiger partial charge >= 0.3 is 5.97 Å². The van der Waals surface area contributed by atoms with Gasteiger partial charge in [-0.1, -0.05) is 24.3 Å². The summed E-state index contributed by atoms with van der Waals surface area (Å²) in [7, 11) is 0. The summed E-state index contributed by atoms with van der Waals surface area (Å²) in [6.45, 7) is 1.74. The van der Waals surface area contributed by atoms with Crippen molar-refractivity contribution in [3.63, 3.8) is 0 Å². The van der Waals surface area contributed by atoms with Crippen molar-refractivity contribution < 1.29 is 14.6 Å². The van der Waals surface area contributed by atoms with Crippen molar-refractivity contribution in [2.24, 2.45) is 0 Å². The number of hydrogen-bond acceptors (Lipinski definition) is 2. The van der Waals surface area contributed by atoms with E-state index < -0.39 is 5.97 Å². The Labute approximate surface area is 99.3 Å². The smallest absolute Gasteiger partial charge is 0.336 e. The highest BCUT2D eigenvalue weighted by Crippen LogP contribution is 2.26. The van der Waals surface area contributed by atoms with Gasteiger partial charge in [0.2, 0.25) is 0 Å². The first kappa shape index (κ1) is 11.2. The largest absolute Gasteiger partial charge is 0.478 e. The second-order valence-electron chi connectivity index (χ2n) is 3.65. The van der Waals surface area contributed by atoms with Gasteiger partial charge in [-0.25, -0.2) is 4.79 Å². The van der Waals surface area contributed by atoms with E-state index in [2.05, 4.69) is 0 Å². The van der Waals surface area contributed by atoms with Gasteiger partial charge in [0, 0.05) is 5.56 Å². The molecular formula is C14H12O3. The van der Waals surface area contributed by atoms with Crippen molar-refractivity contribution in [3.8, 4) is 11.5 Å². The highest BCUT2D eigenvalue weighted by Gasteiger charge is 2.11. The number of rotatable bonds is 3. The Morgan fingerprint density at radius 1 is 1.06 bits per heavy atom. The van der Waals surface area contributed by atoms with Gasteiger partial charge in [-0.15, -0.1) is 0 Å². The molecule has 0 saturated heterocycles. The molecule has 0 aromatic heterocycles. The number of hydrogen-bond donors (Lipinski definition) is 1. The number of carbonyl (C=O) groups is 1. The Morgan fingerprint density at radius 3 is 2.41 bits per heavy atom. The lowest BCUT2D eigenvalue weighted by Crippen LogP contribution is -2.00. The van der Waals surface area contributed by atoms with Gasteiger partial charge in [-0.05, 0) is 31.2 Å². The van der Waals surface area contributed by atoms with Crippen LogP contribution in [0, 0.1) is 6.92 Å². The van der Waals surface area contributed by atoms with Gasteiger partial charge in [0.25, 0.3) is 0 Å². The predicted molar refractivity (Wildman–Crippen MR) is 64.7 cm³/mol. The van der Waals surface area contributed by atoms with Gasteiger partial charge in [-0.3, -0.25) is 0 Å². The van der Waals surface area contributed by atoms with E-state index >= 15 is 0 Å². The molecule has 0 unspecified atom stereocenters. The zero-order valence-electron chi connectivity index (χ0n) is 9.38. The van der Waals surface area contributed by atoms with Crippen LogP contribution in [0.4, 0.5) is 0 Å². The monoisotopic (exact) mass is 228 g/mol. The number of aromatic carboxylic acids is 1. The molecule has 0 aliphatic rings. The Hall–Kier alpha value is -2.29. The first-order chi connectivity index (χ1) is 8.18. The Morgan fingerprint density at radius 2 is 1.76 bits per heavy atom. The Kier molecular flexibility index (Phi) is 3.10. The molecular weight excluding hydrogens is 216 g/mol. The first-order valence-electron chi connectivity index (χ1n) is 5.24. The lowest BCUT2D eigenvalue weighted by atomic mass is 10.1. The van der Waals surface area contributed by atoms with Crippen molar-refractivity contribution in [2.75, 3.05) is 0 Å². The summed E-state index contributed by atoms with van der Waals surface area (Å²) in [4.78, 5) is 11.0. The minimum Gasteiger partial charge on any atom is -0.478 e. The van der Waals surface area contributed by atoms with Crippen molar-refractivity contribution in [3.05, 3.63) is 59.7 Å². The average molecular weight is 228 g/mol. The molecule has 0 atom stereocenters. The molecule has 0 amide bonds. The zero-order chi connectivity index (χ0) is 12.3. The maximum absolute atomic E-state index is 11.0. The summed E-state index contributed by atoms with van der Waals surface area (Å²) in [5, 5.41) is 9.00. The average Bonchev–Trinajstić information content (AvgIpc) is 2.33. The van der Waals surface area contributed by atoms with Crippen LogP contribution in [0.15, 0.2) is 48.5 Å². The molecule has 3 heteroatoms. The van der Waals surface area contributed by atoms with E-state index in [1.54, 1.807) is 25.1 Å². The van der Waals surface area contributed by atoms with Crippen molar-refractivity contribution in [2.45, 2.75) is 6.92 Å². The van der Waals surface area contributed by atoms with E-state index in [0.717, 1.165) is 0 Å². The molecule has 0 fully saturated rings. The molecule has 0 spiro atoms. The van der Waals surface area contributed by atoms with Crippen LogP contribution in [0.3, 0.4) is 0 Å². The standard InChI is InChI=1S/C14H12O3/c1-10-12(14(15)16)8-5-9-13(10)17-11-6-3-2-4-7-11/h2-9H,1H3,(H,15,16). The van der Waals surface area contributed by atoms with Crippen molar-refractivity contribution in [1.29, 1.82) is 0 Å². The molecule has 0 aliphatic heterocycles. The van der Waals surface area contributed by atoms with E-state index in [4.69, 9.17) is 9.84 Å². The lowest BCUT2D eigenvalue weighted by molar-refractivity contribution is 0.0695. The van der Waals surface area contributed by atoms with Gasteiger partial charge in [0.1, 0.15) is 11.5 Å².